The average molecular weight is 326 g/mol. The number of hydrogen-bond donors (Lipinski definition) is 2. The Labute approximate surface area is 133 Å². The number of nitrogens with one attached hydrogen (secondary N) is 1. The van der Waals surface area contributed by atoms with Gasteiger partial charge in [-0.05, 0) is 36.3 Å². The van der Waals surface area contributed by atoms with Gasteiger partial charge in [0.15, 0.2) is 0 Å². The Kier molecular flexibility index (Phi) is 5.25. The summed E-state index contributed by atoms with van der Waals surface area (Å²) in [6.45, 7) is 6.68. The first-order valence-corrected chi connectivity index (χ1v) is 8.22. The quantitative estimate of drug-likeness (QED) is 0.824. The summed E-state index contributed by atoms with van der Waals surface area (Å²) in [6, 6.07) is 5.38. The summed E-state index contributed by atoms with van der Waals surface area (Å²) in [5.41, 5.74) is 1.18. The molecule has 0 amide bonds. The van der Waals surface area contributed by atoms with Crippen molar-refractivity contribution in [1.29, 1.82) is 0 Å². The highest BCUT2D eigenvalue weighted by Crippen LogP contribution is 2.35. The molecule has 0 fully saturated rings. The van der Waals surface area contributed by atoms with E-state index >= 15 is 0 Å². The zero-order valence-electron chi connectivity index (χ0n) is 12.4. The van der Waals surface area contributed by atoms with E-state index in [2.05, 4.69) is 18.3 Å². The third-order valence-corrected chi connectivity index (χ3v) is 5.30. The SMILES string of the molecule is Cc1c(CNC(CC(C)C)C(=O)O)sc2c(Cl)cccc12. The number of rotatable bonds is 6. The van der Waals surface area contributed by atoms with Crippen LogP contribution in [0.25, 0.3) is 10.1 Å². The summed E-state index contributed by atoms with van der Waals surface area (Å²) in [4.78, 5) is 12.4. The van der Waals surface area contributed by atoms with Crippen LogP contribution >= 0.6 is 22.9 Å². The topological polar surface area (TPSA) is 49.3 Å². The number of aliphatic carboxylic acids is 1. The number of fused-ring (bicyclic) bond motifs is 1. The highest BCUT2D eigenvalue weighted by Gasteiger charge is 2.19. The van der Waals surface area contributed by atoms with Crippen LogP contribution in [0.2, 0.25) is 5.02 Å². The Bertz CT molecular complexity index is 651. The number of aryl methyl sites for hydroxylation is 1. The van der Waals surface area contributed by atoms with Gasteiger partial charge in [-0.3, -0.25) is 10.1 Å². The lowest BCUT2D eigenvalue weighted by Gasteiger charge is -2.16. The number of carboxylic acid groups (broad SMARTS) is 1. The fourth-order valence-electron chi connectivity index (χ4n) is 2.39. The molecule has 1 aromatic carbocycles. The number of benzene rings is 1. The van der Waals surface area contributed by atoms with E-state index in [0.29, 0.717) is 18.9 Å². The molecule has 0 saturated carbocycles. The average Bonchev–Trinajstić information content (AvgIpc) is 2.73. The molecule has 114 valence electrons. The number of halogens is 1. The first kappa shape index (κ1) is 16.3. The van der Waals surface area contributed by atoms with Crippen molar-refractivity contribution in [3.63, 3.8) is 0 Å². The Morgan fingerprint density at radius 3 is 2.71 bits per heavy atom. The molecule has 0 aliphatic carbocycles. The van der Waals surface area contributed by atoms with Crippen molar-refractivity contribution in [1.82, 2.24) is 5.32 Å². The van der Waals surface area contributed by atoms with E-state index in [1.54, 1.807) is 11.3 Å². The number of thiophene rings is 1. The molecule has 0 bridgehead atoms. The van der Waals surface area contributed by atoms with Gasteiger partial charge >= 0.3 is 5.97 Å². The van der Waals surface area contributed by atoms with Crippen LogP contribution in [0.15, 0.2) is 18.2 Å². The molecule has 1 atom stereocenters. The third-order valence-electron chi connectivity index (χ3n) is 3.53. The second-order valence-corrected chi connectivity index (χ2v) is 7.18. The summed E-state index contributed by atoms with van der Waals surface area (Å²) in [6.07, 6.45) is 0.625. The van der Waals surface area contributed by atoms with Crippen molar-refractivity contribution in [3.8, 4) is 0 Å². The van der Waals surface area contributed by atoms with Crippen molar-refractivity contribution in [2.45, 2.75) is 39.8 Å². The van der Waals surface area contributed by atoms with Gasteiger partial charge in [0.05, 0.1) is 9.72 Å². The second kappa shape index (κ2) is 6.77. The lowest BCUT2D eigenvalue weighted by Crippen LogP contribution is -2.37. The van der Waals surface area contributed by atoms with Crippen molar-refractivity contribution in [2.75, 3.05) is 0 Å². The smallest absolute Gasteiger partial charge is 0.320 e. The lowest BCUT2D eigenvalue weighted by atomic mass is 10.0. The lowest BCUT2D eigenvalue weighted by molar-refractivity contribution is -0.140. The van der Waals surface area contributed by atoms with Crippen LogP contribution in [-0.2, 0) is 11.3 Å². The van der Waals surface area contributed by atoms with Crippen LogP contribution in [0.5, 0.6) is 0 Å². The van der Waals surface area contributed by atoms with E-state index in [0.717, 1.165) is 20.0 Å². The van der Waals surface area contributed by atoms with Gasteiger partial charge in [0.25, 0.3) is 0 Å². The van der Waals surface area contributed by atoms with E-state index in [1.807, 2.05) is 26.0 Å². The van der Waals surface area contributed by atoms with Gasteiger partial charge in [-0.2, -0.15) is 0 Å². The van der Waals surface area contributed by atoms with Crippen molar-refractivity contribution >= 4 is 39.0 Å². The summed E-state index contributed by atoms with van der Waals surface area (Å²) < 4.78 is 1.07. The Balaban J connectivity index is 2.18. The Morgan fingerprint density at radius 2 is 2.14 bits per heavy atom. The maximum absolute atomic E-state index is 11.3. The zero-order valence-corrected chi connectivity index (χ0v) is 14.0. The van der Waals surface area contributed by atoms with Gasteiger partial charge < -0.3 is 5.11 Å². The zero-order chi connectivity index (χ0) is 15.6. The molecule has 2 aromatic rings. The molecule has 3 nitrogen and oxygen atoms in total. The molecule has 1 heterocycles. The van der Waals surface area contributed by atoms with Crippen molar-refractivity contribution < 1.29 is 9.90 Å². The van der Waals surface area contributed by atoms with Crippen LogP contribution in [0.3, 0.4) is 0 Å². The van der Waals surface area contributed by atoms with E-state index in [4.69, 9.17) is 11.6 Å². The van der Waals surface area contributed by atoms with Crippen LogP contribution < -0.4 is 5.32 Å². The van der Waals surface area contributed by atoms with E-state index in [-0.39, 0.29) is 0 Å². The molecule has 0 spiro atoms. The number of hydrogen-bond acceptors (Lipinski definition) is 3. The van der Waals surface area contributed by atoms with Crippen molar-refractivity contribution in [3.05, 3.63) is 33.7 Å². The van der Waals surface area contributed by atoms with E-state index in [9.17, 15) is 9.90 Å². The summed E-state index contributed by atoms with van der Waals surface area (Å²) in [5.74, 6) is -0.447. The maximum Gasteiger partial charge on any atom is 0.320 e. The fourth-order valence-corrected chi connectivity index (χ4v) is 3.84. The van der Waals surface area contributed by atoms with Crippen LogP contribution in [0.1, 0.15) is 30.7 Å². The minimum atomic E-state index is -0.791. The second-order valence-electron chi connectivity index (χ2n) is 5.67. The molecule has 1 aromatic heterocycles. The van der Waals surface area contributed by atoms with E-state index in [1.165, 1.54) is 5.56 Å². The summed E-state index contributed by atoms with van der Waals surface area (Å²) in [7, 11) is 0. The highest BCUT2D eigenvalue weighted by molar-refractivity contribution is 7.20. The molecular weight excluding hydrogens is 306 g/mol. The van der Waals surface area contributed by atoms with Gasteiger partial charge in [-0.1, -0.05) is 37.6 Å². The Hall–Kier alpha value is -1.10. The number of carbonyl (C=O) groups is 1. The standard InChI is InChI=1S/C16H20ClNO2S/c1-9(2)7-13(16(19)20)18-8-14-10(3)11-5-4-6-12(17)15(11)21-14/h4-6,9,13,18H,7-8H2,1-3H3,(H,19,20). The third kappa shape index (κ3) is 3.76. The highest BCUT2D eigenvalue weighted by atomic mass is 35.5. The normalized spacial score (nSPS) is 13.0. The maximum atomic E-state index is 11.3. The molecule has 21 heavy (non-hydrogen) atoms. The molecule has 5 heteroatoms. The monoisotopic (exact) mass is 325 g/mol. The van der Waals surface area contributed by atoms with Crippen LogP contribution in [0.4, 0.5) is 0 Å². The van der Waals surface area contributed by atoms with Crippen LogP contribution in [0, 0.1) is 12.8 Å². The molecule has 0 radical (unpaired) electrons. The predicted octanol–water partition coefficient (Wildman–Crippen LogP) is 4.45. The molecule has 0 saturated heterocycles. The summed E-state index contributed by atoms with van der Waals surface area (Å²) in [5, 5.41) is 14.3. The molecule has 2 N–H and O–H groups in total. The predicted molar refractivity (Wildman–Crippen MR) is 89.3 cm³/mol. The minimum Gasteiger partial charge on any atom is -0.480 e. The first-order chi connectivity index (χ1) is 9.90. The minimum absolute atomic E-state index is 0.344. The molecule has 0 aliphatic rings. The Morgan fingerprint density at radius 1 is 1.43 bits per heavy atom. The van der Waals surface area contributed by atoms with Gasteiger partial charge in [0.1, 0.15) is 6.04 Å². The molecule has 0 aliphatic heterocycles. The van der Waals surface area contributed by atoms with Gasteiger partial charge in [0, 0.05) is 11.4 Å². The van der Waals surface area contributed by atoms with Gasteiger partial charge in [-0.25, -0.2) is 0 Å². The largest absolute Gasteiger partial charge is 0.480 e. The molecule has 1 unspecified atom stereocenters. The fraction of sp³-hybridized carbons (Fsp3) is 0.438. The van der Waals surface area contributed by atoms with Gasteiger partial charge in [-0.15, -0.1) is 11.3 Å². The van der Waals surface area contributed by atoms with Crippen molar-refractivity contribution in [2.24, 2.45) is 5.92 Å². The first-order valence-electron chi connectivity index (χ1n) is 7.02. The molecular formula is C16H20ClNO2S. The summed E-state index contributed by atoms with van der Waals surface area (Å²) >= 11 is 7.86. The van der Waals surface area contributed by atoms with Crippen LogP contribution in [-0.4, -0.2) is 17.1 Å². The molecule has 2 rings (SSSR count). The van der Waals surface area contributed by atoms with Gasteiger partial charge in [0.2, 0.25) is 0 Å². The van der Waals surface area contributed by atoms with E-state index < -0.39 is 12.0 Å². The number of carboxylic acids is 1.